The van der Waals surface area contributed by atoms with Crippen molar-refractivity contribution in [2.45, 2.75) is 52.2 Å². The Morgan fingerprint density at radius 3 is 2.64 bits per heavy atom. The van der Waals surface area contributed by atoms with Crippen LogP contribution in [0.4, 0.5) is 0 Å². The minimum Gasteiger partial charge on any atom is -0.329 e. The van der Waals surface area contributed by atoms with Crippen LogP contribution in [0, 0.1) is 5.92 Å². The lowest BCUT2D eigenvalue weighted by atomic mass is 9.99. The van der Waals surface area contributed by atoms with Crippen LogP contribution in [0.1, 0.15) is 40.0 Å². The maximum Gasteiger partial charge on any atom is 0.241 e. The van der Waals surface area contributed by atoms with E-state index in [0.717, 1.165) is 19.3 Å². The van der Waals surface area contributed by atoms with E-state index in [1.54, 1.807) is 0 Å². The summed E-state index contributed by atoms with van der Waals surface area (Å²) in [5, 5.41) is 3.42. The van der Waals surface area contributed by atoms with Crippen LogP contribution in [0.2, 0.25) is 0 Å². The molecule has 3 nitrogen and oxygen atoms in total. The van der Waals surface area contributed by atoms with Gasteiger partial charge in [-0.05, 0) is 12.3 Å². The first kappa shape index (κ1) is 11.5. The molecule has 0 bridgehead atoms. The molecule has 1 amide bonds. The average Bonchev–Trinajstić information content (AvgIpc) is 2.46. The molecule has 1 aliphatic heterocycles. The Balaban J connectivity index is 2.61. The Kier molecular flexibility index (Phi) is 3.93. The number of likely N-dealkylation sites (N-methyl/N-ethyl adjacent to an activating group) is 1. The predicted molar refractivity (Wildman–Crippen MR) is 57.8 cm³/mol. The summed E-state index contributed by atoms with van der Waals surface area (Å²) < 4.78 is 0. The van der Waals surface area contributed by atoms with Gasteiger partial charge in [0.1, 0.15) is 0 Å². The minimum absolute atomic E-state index is 0.0431. The van der Waals surface area contributed by atoms with Gasteiger partial charge < -0.3 is 4.90 Å². The Morgan fingerprint density at radius 1 is 1.50 bits per heavy atom. The van der Waals surface area contributed by atoms with Gasteiger partial charge in [0, 0.05) is 7.05 Å². The Bertz CT molecular complexity index is 205. The number of hydrogen-bond donors (Lipinski definition) is 1. The van der Waals surface area contributed by atoms with Crippen LogP contribution in [0.15, 0.2) is 0 Å². The molecule has 0 aromatic rings. The number of nitrogens with zero attached hydrogens (tertiary/aromatic N) is 1. The Hall–Kier alpha value is -0.570. The summed E-state index contributed by atoms with van der Waals surface area (Å²) in [6.45, 7) is 6.42. The molecule has 3 unspecified atom stereocenters. The molecule has 1 saturated heterocycles. The highest BCUT2D eigenvalue weighted by molar-refractivity contribution is 5.84. The van der Waals surface area contributed by atoms with Crippen molar-refractivity contribution in [1.82, 2.24) is 10.2 Å². The van der Waals surface area contributed by atoms with E-state index in [0.29, 0.717) is 5.92 Å². The van der Waals surface area contributed by atoms with Crippen molar-refractivity contribution in [3.05, 3.63) is 0 Å². The van der Waals surface area contributed by atoms with Gasteiger partial charge in [0.2, 0.25) is 5.91 Å². The van der Waals surface area contributed by atoms with Crippen LogP contribution in [0.5, 0.6) is 0 Å². The summed E-state index contributed by atoms with van der Waals surface area (Å²) in [4.78, 5) is 13.7. The number of carbonyl (C=O) groups is 1. The van der Waals surface area contributed by atoms with E-state index in [9.17, 15) is 4.79 Å². The zero-order valence-electron chi connectivity index (χ0n) is 9.71. The fourth-order valence-corrected chi connectivity index (χ4v) is 1.96. The van der Waals surface area contributed by atoms with Crippen molar-refractivity contribution in [3.8, 4) is 0 Å². The molecule has 0 saturated carbocycles. The molecular weight excluding hydrogens is 176 g/mol. The third-order valence-corrected chi connectivity index (χ3v) is 3.23. The zero-order valence-corrected chi connectivity index (χ0v) is 9.71. The number of rotatable bonds is 4. The lowest BCUT2D eigenvalue weighted by Crippen LogP contribution is -2.36. The van der Waals surface area contributed by atoms with Crippen molar-refractivity contribution in [2.24, 2.45) is 5.92 Å². The molecule has 1 aliphatic rings. The molecule has 1 fully saturated rings. The highest BCUT2D eigenvalue weighted by atomic mass is 16.2. The molecule has 0 aromatic carbocycles. The van der Waals surface area contributed by atoms with Crippen molar-refractivity contribution >= 4 is 5.91 Å². The van der Waals surface area contributed by atoms with Gasteiger partial charge in [0.05, 0.1) is 12.2 Å². The monoisotopic (exact) mass is 198 g/mol. The summed E-state index contributed by atoms with van der Waals surface area (Å²) >= 11 is 0. The molecule has 3 atom stereocenters. The van der Waals surface area contributed by atoms with Crippen LogP contribution in [-0.4, -0.2) is 30.1 Å². The SMILES string of the molecule is CCCC1NC(C(C)CC)C(=O)N1C. The third kappa shape index (κ3) is 2.08. The molecule has 0 spiro atoms. The van der Waals surface area contributed by atoms with Gasteiger partial charge >= 0.3 is 0 Å². The molecule has 82 valence electrons. The number of hydrogen-bond acceptors (Lipinski definition) is 2. The van der Waals surface area contributed by atoms with Gasteiger partial charge in [-0.25, -0.2) is 0 Å². The maximum absolute atomic E-state index is 11.9. The second-order valence-corrected chi connectivity index (χ2v) is 4.28. The number of amides is 1. The van der Waals surface area contributed by atoms with Gasteiger partial charge in [-0.2, -0.15) is 0 Å². The lowest BCUT2D eigenvalue weighted by molar-refractivity contribution is -0.129. The first-order chi connectivity index (χ1) is 6.61. The normalized spacial score (nSPS) is 29.7. The van der Waals surface area contributed by atoms with Crippen molar-refractivity contribution in [1.29, 1.82) is 0 Å². The molecule has 14 heavy (non-hydrogen) atoms. The molecular formula is C11H22N2O. The van der Waals surface area contributed by atoms with E-state index < -0.39 is 0 Å². The van der Waals surface area contributed by atoms with Crippen LogP contribution in [0.3, 0.4) is 0 Å². The molecule has 0 aliphatic carbocycles. The second-order valence-electron chi connectivity index (χ2n) is 4.28. The van der Waals surface area contributed by atoms with Crippen LogP contribution in [0.25, 0.3) is 0 Å². The van der Waals surface area contributed by atoms with Gasteiger partial charge in [-0.3, -0.25) is 10.1 Å². The second kappa shape index (κ2) is 4.78. The van der Waals surface area contributed by atoms with E-state index in [1.165, 1.54) is 0 Å². The van der Waals surface area contributed by atoms with E-state index in [1.807, 2.05) is 11.9 Å². The standard InChI is InChI=1S/C11H22N2O/c1-5-7-9-12-10(8(3)6-2)11(14)13(9)4/h8-10,12H,5-7H2,1-4H3. The van der Waals surface area contributed by atoms with Gasteiger partial charge in [-0.1, -0.05) is 33.6 Å². The van der Waals surface area contributed by atoms with Gasteiger partial charge in [-0.15, -0.1) is 0 Å². The minimum atomic E-state index is 0.0431. The van der Waals surface area contributed by atoms with Crippen LogP contribution >= 0.6 is 0 Å². The maximum atomic E-state index is 11.9. The highest BCUT2D eigenvalue weighted by Crippen LogP contribution is 2.19. The third-order valence-electron chi connectivity index (χ3n) is 3.23. The molecule has 1 N–H and O–H groups in total. The summed E-state index contributed by atoms with van der Waals surface area (Å²) in [5.74, 6) is 0.699. The fourth-order valence-electron chi connectivity index (χ4n) is 1.96. The number of carbonyl (C=O) groups excluding carboxylic acids is 1. The highest BCUT2D eigenvalue weighted by Gasteiger charge is 2.37. The molecule has 1 heterocycles. The van der Waals surface area contributed by atoms with Crippen molar-refractivity contribution in [2.75, 3.05) is 7.05 Å². The van der Waals surface area contributed by atoms with Crippen molar-refractivity contribution < 1.29 is 4.79 Å². The summed E-state index contributed by atoms with van der Waals surface area (Å²) in [6, 6.07) is 0.0431. The molecule has 1 rings (SSSR count). The topological polar surface area (TPSA) is 32.3 Å². The van der Waals surface area contributed by atoms with Crippen molar-refractivity contribution in [3.63, 3.8) is 0 Å². The molecule has 0 radical (unpaired) electrons. The average molecular weight is 198 g/mol. The van der Waals surface area contributed by atoms with Gasteiger partial charge in [0.15, 0.2) is 0 Å². The van der Waals surface area contributed by atoms with E-state index in [-0.39, 0.29) is 18.1 Å². The van der Waals surface area contributed by atoms with E-state index in [2.05, 4.69) is 26.1 Å². The Labute approximate surface area is 86.9 Å². The summed E-state index contributed by atoms with van der Waals surface area (Å²) in [6.07, 6.45) is 3.47. The smallest absolute Gasteiger partial charge is 0.241 e. The van der Waals surface area contributed by atoms with E-state index >= 15 is 0 Å². The summed E-state index contributed by atoms with van der Waals surface area (Å²) in [5.41, 5.74) is 0. The quantitative estimate of drug-likeness (QED) is 0.744. The zero-order chi connectivity index (χ0) is 10.7. The largest absolute Gasteiger partial charge is 0.329 e. The Morgan fingerprint density at radius 2 is 2.14 bits per heavy atom. The van der Waals surface area contributed by atoms with Gasteiger partial charge in [0.25, 0.3) is 0 Å². The molecule has 3 heteroatoms. The first-order valence-electron chi connectivity index (χ1n) is 5.64. The fraction of sp³-hybridized carbons (Fsp3) is 0.909. The number of nitrogens with one attached hydrogen (secondary N) is 1. The lowest BCUT2D eigenvalue weighted by Gasteiger charge is -2.18. The predicted octanol–water partition coefficient (Wildman–Crippen LogP) is 1.59. The molecule has 0 aromatic heterocycles. The van der Waals surface area contributed by atoms with Crippen LogP contribution < -0.4 is 5.32 Å². The van der Waals surface area contributed by atoms with Crippen LogP contribution in [-0.2, 0) is 4.79 Å². The summed E-state index contributed by atoms with van der Waals surface area (Å²) in [7, 11) is 1.90. The first-order valence-corrected chi connectivity index (χ1v) is 5.64. The van der Waals surface area contributed by atoms with E-state index in [4.69, 9.17) is 0 Å².